The number of hydrogen-bond donors (Lipinski definition) is 2. The third kappa shape index (κ3) is 5.36. The second kappa shape index (κ2) is 11.8. The predicted octanol–water partition coefficient (Wildman–Crippen LogP) is 3.96. The van der Waals surface area contributed by atoms with Crippen molar-refractivity contribution in [2.24, 2.45) is 0 Å². The molecule has 192 valence electrons. The van der Waals surface area contributed by atoms with Crippen molar-refractivity contribution in [3.8, 4) is 17.2 Å². The number of benzene rings is 1. The Labute approximate surface area is 219 Å². The van der Waals surface area contributed by atoms with Gasteiger partial charge in [0, 0.05) is 32.2 Å². The van der Waals surface area contributed by atoms with E-state index in [0.29, 0.717) is 39.8 Å². The first-order valence-corrected chi connectivity index (χ1v) is 12.6. The van der Waals surface area contributed by atoms with Gasteiger partial charge < -0.3 is 19.2 Å². The van der Waals surface area contributed by atoms with Crippen molar-refractivity contribution in [3.63, 3.8) is 0 Å². The molecule has 1 aliphatic heterocycles. The van der Waals surface area contributed by atoms with E-state index < -0.39 is 0 Å². The number of ether oxygens (including phenoxy) is 3. The number of halogens is 1. The summed E-state index contributed by atoms with van der Waals surface area (Å²) in [5, 5.41) is 11.4. The van der Waals surface area contributed by atoms with E-state index in [1.54, 1.807) is 33.7 Å². The Balaban J connectivity index is 1.68. The third-order valence-electron chi connectivity index (χ3n) is 5.61. The molecule has 0 saturated carbocycles. The molecule has 0 radical (unpaired) electrons. The Kier molecular flexibility index (Phi) is 8.52. The molecule has 1 aromatic carbocycles. The molecule has 3 aromatic rings. The number of aromatic nitrogens is 5. The average Bonchev–Trinajstić information content (AvgIpc) is 3.55. The smallest absolute Gasteiger partial charge is 0.239 e. The molecule has 13 heteroatoms. The summed E-state index contributed by atoms with van der Waals surface area (Å²) in [7, 11) is 4.86. The first-order valence-electron chi connectivity index (χ1n) is 11.3. The van der Waals surface area contributed by atoms with E-state index in [1.807, 2.05) is 47.0 Å². The highest BCUT2D eigenvalue weighted by Gasteiger charge is 2.29. The Morgan fingerprint density at radius 1 is 1.14 bits per heavy atom. The SMILES string of the molecule is CCN1C=CC(c2nnc(NSC(C)C(OC)c3ncc(Cl)cn3)n2-c2c(OC)cccc2OC)N1. The van der Waals surface area contributed by atoms with E-state index in [-0.39, 0.29) is 17.4 Å². The summed E-state index contributed by atoms with van der Waals surface area (Å²) in [6, 6.07) is 5.42. The summed E-state index contributed by atoms with van der Waals surface area (Å²) < 4.78 is 22.3. The lowest BCUT2D eigenvalue weighted by atomic mass is 10.2. The molecule has 11 nitrogen and oxygen atoms in total. The molecule has 0 bridgehead atoms. The van der Waals surface area contributed by atoms with Gasteiger partial charge in [-0.25, -0.2) is 15.4 Å². The first-order chi connectivity index (χ1) is 17.5. The van der Waals surface area contributed by atoms with Crippen LogP contribution in [0.4, 0.5) is 5.95 Å². The highest BCUT2D eigenvalue weighted by molar-refractivity contribution is 8.01. The number of nitrogens with one attached hydrogen (secondary N) is 2. The van der Waals surface area contributed by atoms with Crippen molar-refractivity contribution < 1.29 is 14.2 Å². The largest absolute Gasteiger partial charge is 0.494 e. The van der Waals surface area contributed by atoms with Gasteiger partial charge in [-0.05, 0) is 44.0 Å². The van der Waals surface area contributed by atoms with Gasteiger partial charge in [-0.3, -0.25) is 9.29 Å². The summed E-state index contributed by atoms with van der Waals surface area (Å²) in [6.45, 7) is 4.88. The summed E-state index contributed by atoms with van der Waals surface area (Å²) in [6.07, 6.45) is 6.75. The van der Waals surface area contributed by atoms with Gasteiger partial charge in [-0.15, -0.1) is 10.2 Å². The maximum absolute atomic E-state index is 5.95. The number of rotatable bonds is 11. The zero-order valence-electron chi connectivity index (χ0n) is 20.7. The monoisotopic (exact) mass is 532 g/mol. The number of nitrogens with zero attached hydrogens (tertiary/aromatic N) is 6. The van der Waals surface area contributed by atoms with Crippen LogP contribution in [0.15, 0.2) is 42.9 Å². The van der Waals surface area contributed by atoms with Crippen molar-refractivity contribution in [1.29, 1.82) is 0 Å². The topological polar surface area (TPSA) is 111 Å². The molecule has 0 aliphatic carbocycles. The molecule has 1 aliphatic rings. The lowest BCUT2D eigenvalue weighted by Crippen LogP contribution is -2.31. The minimum absolute atomic E-state index is 0.0931. The van der Waals surface area contributed by atoms with E-state index in [1.165, 1.54) is 11.9 Å². The number of hydrazine groups is 1. The Morgan fingerprint density at radius 3 is 2.42 bits per heavy atom. The van der Waals surface area contributed by atoms with Gasteiger partial charge in [0.15, 0.2) is 11.6 Å². The summed E-state index contributed by atoms with van der Waals surface area (Å²) in [5.41, 5.74) is 4.10. The van der Waals surface area contributed by atoms with E-state index in [4.69, 9.17) is 25.8 Å². The van der Waals surface area contributed by atoms with Crippen molar-refractivity contribution >= 4 is 29.5 Å². The van der Waals surface area contributed by atoms with Crippen molar-refractivity contribution in [2.75, 3.05) is 32.6 Å². The van der Waals surface area contributed by atoms with Crippen molar-refractivity contribution in [2.45, 2.75) is 31.2 Å². The lowest BCUT2D eigenvalue weighted by molar-refractivity contribution is 0.0972. The fourth-order valence-electron chi connectivity index (χ4n) is 3.82. The fourth-order valence-corrected chi connectivity index (χ4v) is 4.69. The molecule has 3 atom stereocenters. The summed E-state index contributed by atoms with van der Waals surface area (Å²) in [4.78, 5) is 8.62. The maximum Gasteiger partial charge on any atom is 0.239 e. The predicted molar refractivity (Wildman–Crippen MR) is 139 cm³/mol. The minimum Gasteiger partial charge on any atom is -0.494 e. The van der Waals surface area contributed by atoms with Gasteiger partial charge in [-0.1, -0.05) is 17.7 Å². The normalized spacial score (nSPS) is 16.7. The van der Waals surface area contributed by atoms with E-state index in [9.17, 15) is 0 Å². The molecule has 2 aromatic heterocycles. The van der Waals surface area contributed by atoms with Crippen LogP contribution >= 0.6 is 23.5 Å². The summed E-state index contributed by atoms with van der Waals surface area (Å²) in [5.74, 6) is 2.95. The molecule has 3 unspecified atom stereocenters. The average molecular weight is 533 g/mol. The van der Waals surface area contributed by atoms with Crippen LogP contribution in [0.5, 0.6) is 11.5 Å². The molecular formula is C23H29ClN8O3S. The number of anilines is 1. The van der Waals surface area contributed by atoms with Crippen molar-refractivity contribution in [3.05, 3.63) is 59.5 Å². The van der Waals surface area contributed by atoms with Gasteiger partial charge in [0.1, 0.15) is 29.3 Å². The first kappa shape index (κ1) is 26.0. The van der Waals surface area contributed by atoms with Crippen LogP contribution < -0.4 is 19.6 Å². The van der Waals surface area contributed by atoms with Crippen LogP contribution in [0, 0.1) is 0 Å². The third-order valence-corrected chi connectivity index (χ3v) is 6.72. The van der Waals surface area contributed by atoms with Crippen LogP contribution in [-0.2, 0) is 4.74 Å². The van der Waals surface area contributed by atoms with Crippen LogP contribution in [0.2, 0.25) is 5.02 Å². The Morgan fingerprint density at radius 2 is 1.83 bits per heavy atom. The van der Waals surface area contributed by atoms with Crippen LogP contribution in [-0.4, -0.2) is 62.9 Å². The number of methoxy groups -OCH3 is 3. The fraction of sp³-hybridized carbons (Fsp3) is 0.391. The molecule has 4 rings (SSSR count). The van der Waals surface area contributed by atoms with Crippen LogP contribution in [0.3, 0.4) is 0 Å². The molecule has 0 fully saturated rings. The summed E-state index contributed by atoms with van der Waals surface area (Å²) >= 11 is 7.36. The van der Waals surface area contributed by atoms with Crippen LogP contribution in [0.25, 0.3) is 5.69 Å². The maximum atomic E-state index is 5.95. The van der Waals surface area contributed by atoms with E-state index >= 15 is 0 Å². The molecule has 3 heterocycles. The highest BCUT2D eigenvalue weighted by atomic mass is 35.5. The minimum atomic E-state index is -0.381. The molecular weight excluding hydrogens is 504 g/mol. The molecule has 0 spiro atoms. The zero-order valence-corrected chi connectivity index (χ0v) is 22.2. The molecule has 0 amide bonds. The zero-order chi connectivity index (χ0) is 25.7. The van der Waals surface area contributed by atoms with Gasteiger partial charge in [0.25, 0.3) is 0 Å². The van der Waals surface area contributed by atoms with Crippen LogP contribution in [0.1, 0.15) is 37.6 Å². The molecule has 2 N–H and O–H groups in total. The van der Waals surface area contributed by atoms with E-state index in [0.717, 1.165) is 6.54 Å². The highest BCUT2D eigenvalue weighted by Crippen LogP contribution is 2.38. The quantitative estimate of drug-likeness (QED) is 0.350. The van der Waals surface area contributed by atoms with Crippen molar-refractivity contribution in [1.82, 2.24) is 35.2 Å². The standard InChI is InChI=1S/C23H29ClN8O3S/c1-6-31-11-10-16(29-31)22-27-28-23(32(22)19-17(33-3)8-7-9-18(19)34-4)30-36-14(2)20(35-5)21-25-12-15(24)13-26-21/h7-14,16,20,29H,6H2,1-5H3,(H,28,30). The van der Waals surface area contributed by atoms with Gasteiger partial charge in [0.2, 0.25) is 5.95 Å². The van der Waals surface area contributed by atoms with Gasteiger partial charge >= 0.3 is 0 Å². The molecule has 36 heavy (non-hydrogen) atoms. The second-order valence-electron chi connectivity index (χ2n) is 7.80. The van der Waals surface area contributed by atoms with E-state index in [2.05, 4.69) is 37.2 Å². The number of para-hydroxylation sites is 1. The van der Waals surface area contributed by atoms with Gasteiger partial charge in [-0.2, -0.15) is 0 Å². The lowest BCUT2D eigenvalue weighted by Gasteiger charge is -2.23. The Bertz CT molecular complexity index is 1170. The second-order valence-corrected chi connectivity index (χ2v) is 9.42. The van der Waals surface area contributed by atoms with Gasteiger partial charge in [0.05, 0.1) is 24.5 Å². The molecule has 0 saturated heterocycles. The number of hydrogen-bond acceptors (Lipinski definition) is 11. The Hall–Kier alpha value is -3.06.